The quantitative estimate of drug-likeness (QED) is 0.724. The molecule has 3 heterocycles. The van der Waals surface area contributed by atoms with Crippen LogP contribution in [0.25, 0.3) is 0 Å². The second-order valence-corrected chi connectivity index (χ2v) is 7.42. The van der Waals surface area contributed by atoms with Gasteiger partial charge in [0.05, 0.1) is 33.4 Å². The lowest BCUT2D eigenvalue weighted by atomic mass is 10.1. The van der Waals surface area contributed by atoms with Gasteiger partial charge >= 0.3 is 0 Å². The molecule has 1 saturated heterocycles. The molecule has 160 valence electrons. The lowest BCUT2D eigenvalue weighted by Crippen LogP contribution is -2.48. The largest absolute Gasteiger partial charge is 0.493 e. The summed E-state index contributed by atoms with van der Waals surface area (Å²) in [6.07, 6.45) is 0.995. The zero-order chi connectivity index (χ0) is 20.9. The average Bonchev–Trinajstić information content (AvgIpc) is 3.22. The zero-order valence-electron chi connectivity index (χ0n) is 17.4. The Morgan fingerprint density at radius 3 is 2.47 bits per heavy atom. The molecule has 30 heavy (non-hydrogen) atoms. The number of aromatic nitrogens is 2. The highest BCUT2D eigenvalue weighted by atomic mass is 16.5. The van der Waals surface area contributed by atoms with E-state index in [0.717, 1.165) is 51.5 Å². The van der Waals surface area contributed by atoms with E-state index in [4.69, 9.17) is 14.2 Å². The highest BCUT2D eigenvalue weighted by Gasteiger charge is 2.20. The third-order valence-electron chi connectivity index (χ3n) is 5.34. The number of benzene rings is 1. The van der Waals surface area contributed by atoms with Crippen LogP contribution in [0.15, 0.2) is 24.3 Å². The van der Waals surface area contributed by atoms with Crippen molar-refractivity contribution in [2.45, 2.75) is 13.0 Å². The van der Waals surface area contributed by atoms with Gasteiger partial charge in [0.25, 0.3) is 0 Å². The summed E-state index contributed by atoms with van der Waals surface area (Å²) in [5.74, 6) is 1.72. The predicted molar refractivity (Wildman–Crippen MR) is 111 cm³/mol. The van der Waals surface area contributed by atoms with Crippen molar-refractivity contribution in [3.05, 3.63) is 35.4 Å². The number of hydrogen-bond acceptors (Lipinski definition) is 8. The topological polar surface area (TPSA) is 89.1 Å². The smallest absolute Gasteiger partial charge is 0.240 e. The molecule has 9 nitrogen and oxygen atoms in total. The molecule has 1 aromatic carbocycles. The van der Waals surface area contributed by atoms with E-state index in [2.05, 4.69) is 43.3 Å². The molecule has 4 rings (SSSR count). The summed E-state index contributed by atoms with van der Waals surface area (Å²) < 4.78 is 15.8. The van der Waals surface area contributed by atoms with Crippen LogP contribution in [0.1, 0.15) is 11.1 Å². The molecule has 1 amide bonds. The number of carbonyl (C=O) groups is 1. The first kappa shape index (κ1) is 20.4. The summed E-state index contributed by atoms with van der Waals surface area (Å²) in [5, 5.41) is 2.73. The molecule has 0 unspecified atom stereocenters. The molecule has 9 heteroatoms. The summed E-state index contributed by atoms with van der Waals surface area (Å²) in [5.41, 5.74) is 2.62. The van der Waals surface area contributed by atoms with E-state index < -0.39 is 0 Å². The second kappa shape index (κ2) is 9.27. The molecule has 0 bridgehead atoms. The minimum atomic E-state index is -0.155. The van der Waals surface area contributed by atoms with Crippen LogP contribution in [-0.2, 0) is 17.8 Å². The van der Waals surface area contributed by atoms with Crippen molar-refractivity contribution >= 4 is 11.9 Å². The number of nitrogens with one attached hydrogen (secondary N) is 1. The minimum Gasteiger partial charge on any atom is -0.493 e. The normalized spacial score (nSPS) is 16.6. The first-order valence-electron chi connectivity index (χ1n) is 10.1. The first-order chi connectivity index (χ1) is 14.6. The molecular weight excluding hydrogens is 386 g/mol. The van der Waals surface area contributed by atoms with Crippen molar-refractivity contribution in [3.8, 4) is 17.5 Å². The van der Waals surface area contributed by atoms with Crippen LogP contribution in [0.4, 0.5) is 5.95 Å². The van der Waals surface area contributed by atoms with Gasteiger partial charge in [-0.2, -0.15) is 9.97 Å². The number of methoxy groups -OCH3 is 2. The highest BCUT2D eigenvalue weighted by Crippen LogP contribution is 2.26. The molecule has 2 aliphatic rings. The number of nitrogens with zero attached hydrogens (tertiary/aromatic N) is 4. The van der Waals surface area contributed by atoms with Crippen molar-refractivity contribution in [1.29, 1.82) is 0 Å². The van der Waals surface area contributed by atoms with Crippen LogP contribution in [0, 0.1) is 0 Å². The van der Waals surface area contributed by atoms with E-state index in [9.17, 15) is 4.79 Å². The molecular formula is C21H27N5O4. The fourth-order valence-electron chi connectivity index (χ4n) is 3.74. The maximum atomic E-state index is 12.4. The Kier molecular flexibility index (Phi) is 6.29. The van der Waals surface area contributed by atoms with Crippen LogP contribution in [0.2, 0.25) is 0 Å². The first-order valence-corrected chi connectivity index (χ1v) is 10.1. The SMILES string of the molecule is COc1cc(OC)nc(NC(=O)CN2CCN(Cc3ccc4c(c3)CCO4)CC2)n1. The standard InChI is InChI=1S/C21H27N5O4/c1-28-19-12-20(29-2)24-21(23-19)22-18(27)14-26-8-6-25(7-9-26)13-15-3-4-17-16(11-15)5-10-30-17/h3-4,11-12H,5-10,13-14H2,1-2H3,(H,22,23,24,27). The molecule has 0 saturated carbocycles. The number of fused-ring (bicyclic) bond motifs is 1. The van der Waals surface area contributed by atoms with Gasteiger partial charge in [0, 0.05) is 39.1 Å². The van der Waals surface area contributed by atoms with Gasteiger partial charge in [-0.15, -0.1) is 0 Å². The van der Waals surface area contributed by atoms with Crippen LogP contribution in [0.5, 0.6) is 17.5 Å². The van der Waals surface area contributed by atoms with Gasteiger partial charge in [0.15, 0.2) is 0 Å². The van der Waals surface area contributed by atoms with E-state index >= 15 is 0 Å². The number of piperazine rings is 1. The van der Waals surface area contributed by atoms with Gasteiger partial charge in [0.2, 0.25) is 23.6 Å². The fraction of sp³-hybridized carbons (Fsp3) is 0.476. The summed E-state index contributed by atoms with van der Waals surface area (Å²) >= 11 is 0. The Morgan fingerprint density at radius 1 is 1.07 bits per heavy atom. The number of hydrogen-bond donors (Lipinski definition) is 1. The van der Waals surface area contributed by atoms with Gasteiger partial charge < -0.3 is 14.2 Å². The van der Waals surface area contributed by atoms with Gasteiger partial charge in [-0.3, -0.25) is 19.9 Å². The van der Waals surface area contributed by atoms with Crippen molar-refractivity contribution in [3.63, 3.8) is 0 Å². The number of rotatable bonds is 7. The van der Waals surface area contributed by atoms with E-state index in [1.165, 1.54) is 25.3 Å². The minimum absolute atomic E-state index is 0.155. The highest BCUT2D eigenvalue weighted by molar-refractivity contribution is 5.90. The molecule has 1 fully saturated rings. The van der Waals surface area contributed by atoms with Crippen LogP contribution in [0.3, 0.4) is 0 Å². The second-order valence-electron chi connectivity index (χ2n) is 7.42. The monoisotopic (exact) mass is 413 g/mol. The van der Waals surface area contributed by atoms with Crippen LogP contribution >= 0.6 is 0 Å². The zero-order valence-corrected chi connectivity index (χ0v) is 17.4. The molecule has 2 aromatic rings. The lowest BCUT2D eigenvalue weighted by molar-refractivity contribution is -0.117. The molecule has 1 aromatic heterocycles. The van der Waals surface area contributed by atoms with E-state index in [0.29, 0.717) is 18.3 Å². The Hall–Kier alpha value is -2.91. The maximum Gasteiger partial charge on any atom is 0.240 e. The fourth-order valence-corrected chi connectivity index (χ4v) is 3.74. The summed E-state index contributed by atoms with van der Waals surface area (Å²) in [6, 6.07) is 8.04. The van der Waals surface area contributed by atoms with E-state index in [-0.39, 0.29) is 11.9 Å². The number of anilines is 1. The predicted octanol–water partition coefficient (Wildman–Crippen LogP) is 1.18. The van der Waals surface area contributed by atoms with Gasteiger partial charge in [-0.05, 0) is 17.2 Å². The Bertz CT molecular complexity index is 877. The molecule has 1 N–H and O–H groups in total. The molecule has 2 aliphatic heterocycles. The molecule has 0 atom stereocenters. The summed E-state index contributed by atoms with van der Waals surface area (Å²) in [4.78, 5) is 25.2. The van der Waals surface area contributed by atoms with E-state index in [1.54, 1.807) is 6.07 Å². The molecule has 0 spiro atoms. The van der Waals surface area contributed by atoms with Gasteiger partial charge in [-0.1, -0.05) is 12.1 Å². The van der Waals surface area contributed by atoms with E-state index in [1.807, 2.05) is 0 Å². The Balaban J connectivity index is 1.25. The Labute approximate surface area is 176 Å². The van der Waals surface area contributed by atoms with Crippen molar-refractivity contribution in [2.75, 3.05) is 58.9 Å². The summed E-state index contributed by atoms with van der Waals surface area (Å²) in [6.45, 7) is 5.52. The molecule has 0 aliphatic carbocycles. The molecule has 0 radical (unpaired) electrons. The van der Waals surface area contributed by atoms with Crippen molar-refractivity contribution < 1.29 is 19.0 Å². The average molecular weight is 413 g/mol. The summed E-state index contributed by atoms with van der Waals surface area (Å²) in [7, 11) is 3.01. The Morgan fingerprint density at radius 2 is 1.77 bits per heavy atom. The third-order valence-corrected chi connectivity index (χ3v) is 5.34. The third kappa shape index (κ3) is 4.98. The van der Waals surface area contributed by atoms with Crippen LogP contribution in [-0.4, -0.2) is 79.2 Å². The number of carbonyl (C=O) groups excluding carboxylic acids is 1. The number of amides is 1. The van der Waals surface area contributed by atoms with Crippen molar-refractivity contribution in [2.24, 2.45) is 0 Å². The van der Waals surface area contributed by atoms with Crippen LogP contribution < -0.4 is 19.5 Å². The number of ether oxygens (including phenoxy) is 3. The lowest BCUT2D eigenvalue weighted by Gasteiger charge is -2.34. The maximum absolute atomic E-state index is 12.4. The van der Waals surface area contributed by atoms with Gasteiger partial charge in [0.1, 0.15) is 5.75 Å². The van der Waals surface area contributed by atoms with Gasteiger partial charge in [-0.25, -0.2) is 0 Å². The van der Waals surface area contributed by atoms with Crippen molar-refractivity contribution in [1.82, 2.24) is 19.8 Å².